The smallest absolute Gasteiger partial charge is 0.422 e. The second-order valence-electron chi connectivity index (χ2n) is 5.49. The lowest BCUT2D eigenvalue weighted by atomic mass is 10.2. The van der Waals surface area contributed by atoms with E-state index in [4.69, 9.17) is 10.5 Å². The molecule has 9 heteroatoms. The topological polar surface area (TPSA) is 63.7 Å². The lowest BCUT2D eigenvalue weighted by Gasteiger charge is -2.29. The Labute approximate surface area is 152 Å². The Morgan fingerprint density at radius 1 is 1.19 bits per heavy atom. The van der Waals surface area contributed by atoms with Gasteiger partial charge in [-0.3, -0.25) is 0 Å². The molecule has 0 fully saturated rings. The number of fused-ring (bicyclic) bond motifs is 1. The Kier molecular flexibility index (Phi) is 5.26. The molecular formula is C17H17F3N4OS. The molecule has 2 aromatic rings. The van der Waals surface area contributed by atoms with E-state index in [1.54, 1.807) is 30.0 Å². The van der Waals surface area contributed by atoms with Gasteiger partial charge in [-0.2, -0.15) is 13.2 Å². The van der Waals surface area contributed by atoms with Crippen molar-refractivity contribution in [3.8, 4) is 5.75 Å². The standard InChI is InChI=1S/C17H17F3N4OS/c1-2-26-16-23-15-11(3-8-14(21)22-15)9-24(16)12-4-6-13(7-5-12)25-10-17(18,19)20/h3-9,16H,2,10H2,1H3,(H2,21,22,23). The van der Waals surface area contributed by atoms with Crippen molar-refractivity contribution >= 4 is 29.5 Å². The molecule has 0 amide bonds. The van der Waals surface area contributed by atoms with Gasteiger partial charge < -0.3 is 15.4 Å². The number of nitrogen functional groups attached to an aromatic ring is 1. The maximum atomic E-state index is 12.2. The highest BCUT2D eigenvalue weighted by Crippen LogP contribution is 2.28. The van der Waals surface area contributed by atoms with Crippen molar-refractivity contribution < 1.29 is 17.9 Å². The van der Waals surface area contributed by atoms with Gasteiger partial charge in [0.1, 0.15) is 11.6 Å². The van der Waals surface area contributed by atoms with E-state index >= 15 is 0 Å². The number of rotatable bonds is 5. The second kappa shape index (κ2) is 7.45. The molecule has 1 unspecified atom stereocenters. The van der Waals surface area contributed by atoms with E-state index in [0.717, 1.165) is 16.7 Å². The number of pyridine rings is 1. The summed E-state index contributed by atoms with van der Waals surface area (Å²) >= 11 is 1.61. The first kappa shape index (κ1) is 18.4. The van der Waals surface area contributed by atoms with Crippen molar-refractivity contribution in [3.05, 3.63) is 47.1 Å². The Hall–Kier alpha value is -2.42. The molecule has 138 valence electrons. The van der Waals surface area contributed by atoms with Crippen molar-refractivity contribution in [1.29, 1.82) is 0 Å². The van der Waals surface area contributed by atoms with Gasteiger partial charge in [-0.25, -0.2) is 9.98 Å². The molecule has 0 radical (unpaired) electrons. The van der Waals surface area contributed by atoms with Gasteiger partial charge >= 0.3 is 6.18 Å². The molecule has 0 saturated carbocycles. The number of hydrogen-bond acceptors (Lipinski definition) is 6. The zero-order chi connectivity index (χ0) is 18.7. The van der Waals surface area contributed by atoms with Crippen LogP contribution >= 0.6 is 11.8 Å². The van der Waals surface area contributed by atoms with E-state index < -0.39 is 12.8 Å². The van der Waals surface area contributed by atoms with Crippen molar-refractivity contribution in [2.24, 2.45) is 4.99 Å². The molecule has 1 aliphatic rings. The number of thioether (sulfide) groups is 1. The van der Waals surface area contributed by atoms with Crippen LogP contribution in [0.15, 0.2) is 41.4 Å². The van der Waals surface area contributed by atoms with Crippen LogP contribution in [0.25, 0.3) is 6.20 Å². The normalized spacial score (nSPS) is 16.5. The van der Waals surface area contributed by atoms with Crippen molar-refractivity contribution in [2.75, 3.05) is 23.0 Å². The van der Waals surface area contributed by atoms with Gasteiger partial charge in [-0.15, -0.1) is 11.8 Å². The molecule has 2 heterocycles. The van der Waals surface area contributed by atoms with Gasteiger partial charge in [0.05, 0.1) is 0 Å². The summed E-state index contributed by atoms with van der Waals surface area (Å²) in [6.07, 6.45) is -2.45. The van der Waals surface area contributed by atoms with E-state index in [9.17, 15) is 13.2 Å². The molecule has 1 aliphatic heterocycles. The molecule has 26 heavy (non-hydrogen) atoms. The van der Waals surface area contributed by atoms with Crippen LogP contribution < -0.4 is 26.1 Å². The number of nitrogens with two attached hydrogens (primary N) is 1. The molecule has 0 aliphatic carbocycles. The van der Waals surface area contributed by atoms with Crippen molar-refractivity contribution in [2.45, 2.75) is 18.6 Å². The Morgan fingerprint density at radius 3 is 2.58 bits per heavy atom. The highest BCUT2D eigenvalue weighted by atomic mass is 32.2. The predicted octanol–water partition coefficient (Wildman–Crippen LogP) is 2.52. The number of hydrogen-bond donors (Lipinski definition) is 1. The molecule has 1 aromatic heterocycles. The van der Waals surface area contributed by atoms with Gasteiger partial charge in [-0.1, -0.05) is 6.92 Å². The highest BCUT2D eigenvalue weighted by Gasteiger charge is 2.28. The van der Waals surface area contributed by atoms with Crippen LogP contribution in [-0.4, -0.2) is 29.0 Å². The molecular weight excluding hydrogens is 365 g/mol. The summed E-state index contributed by atoms with van der Waals surface area (Å²) in [7, 11) is 0. The fraction of sp³-hybridized carbons (Fsp3) is 0.294. The summed E-state index contributed by atoms with van der Waals surface area (Å²) < 4.78 is 41.5. The average molecular weight is 382 g/mol. The minimum Gasteiger partial charge on any atom is -0.484 e. The van der Waals surface area contributed by atoms with Crippen molar-refractivity contribution in [3.63, 3.8) is 0 Å². The summed E-state index contributed by atoms with van der Waals surface area (Å²) in [4.78, 5) is 10.8. The zero-order valence-electron chi connectivity index (χ0n) is 13.9. The van der Waals surface area contributed by atoms with E-state index in [0.29, 0.717) is 11.3 Å². The molecule has 1 aromatic carbocycles. The van der Waals surface area contributed by atoms with Crippen LogP contribution in [0.4, 0.5) is 24.7 Å². The summed E-state index contributed by atoms with van der Waals surface area (Å²) in [5.74, 6) is 1.40. The van der Waals surface area contributed by atoms with E-state index in [1.807, 2.05) is 24.1 Å². The third-order valence-corrected chi connectivity index (χ3v) is 4.49. The third kappa shape index (κ3) is 4.40. The van der Waals surface area contributed by atoms with Crippen LogP contribution in [0.1, 0.15) is 6.92 Å². The lowest BCUT2D eigenvalue weighted by Crippen LogP contribution is -2.42. The Morgan fingerprint density at radius 2 is 1.92 bits per heavy atom. The van der Waals surface area contributed by atoms with Crippen LogP contribution in [0.2, 0.25) is 0 Å². The number of alkyl halides is 3. The number of ether oxygens (including phenoxy) is 1. The minimum atomic E-state index is -4.36. The maximum Gasteiger partial charge on any atom is 0.422 e. The van der Waals surface area contributed by atoms with Crippen LogP contribution in [0, 0.1) is 0 Å². The van der Waals surface area contributed by atoms with E-state index in [1.165, 1.54) is 12.1 Å². The summed E-state index contributed by atoms with van der Waals surface area (Å²) in [6.45, 7) is 0.709. The fourth-order valence-electron chi connectivity index (χ4n) is 2.41. The van der Waals surface area contributed by atoms with Gasteiger partial charge in [0, 0.05) is 17.1 Å². The fourth-order valence-corrected chi connectivity index (χ4v) is 3.22. The monoisotopic (exact) mass is 382 g/mol. The first-order chi connectivity index (χ1) is 12.4. The van der Waals surface area contributed by atoms with E-state index in [-0.39, 0.29) is 11.2 Å². The Balaban J connectivity index is 1.87. The highest BCUT2D eigenvalue weighted by molar-refractivity contribution is 7.99. The molecule has 0 bridgehead atoms. The molecule has 0 saturated heterocycles. The lowest BCUT2D eigenvalue weighted by molar-refractivity contribution is -0.153. The maximum absolute atomic E-state index is 12.2. The van der Waals surface area contributed by atoms with Gasteiger partial charge in [0.25, 0.3) is 0 Å². The summed E-state index contributed by atoms with van der Waals surface area (Å²) in [5, 5.41) is 0.824. The molecule has 0 spiro atoms. The first-order valence-electron chi connectivity index (χ1n) is 7.87. The number of halogens is 3. The largest absolute Gasteiger partial charge is 0.484 e. The van der Waals surface area contributed by atoms with Crippen LogP contribution in [0.3, 0.4) is 0 Å². The van der Waals surface area contributed by atoms with Gasteiger partial charge in [0.2, 0.25) is 0 Å². The Bertz CT molecular complexity index is 886. The molecule has 2 N–H and O–H groups in total. The summed E-state index contributed by atoms with van der Waals surface area (Å²) in [6, 6.07) is 9.97. The second-order valence-corrected chi connectivity index (χ2v) is 6.83. The number of anilines is 2. The number of benzene rings is 1. The van der Waals surface area contributed by atoms with Gasteiger partial charge in [0.15, 0.2) is 17.6 Å². The average Bonchev–Trinajstić information content (AvgIpc) is 2.59. The van der Waals surface area contributed by atoms with Crippen molar-refractivity contribution in [1.82, 2.24) is 4.98 Å². The minimum absolute atomic E-state index is 0.162. The third-order valence-electron chi connectivity index (χ3n) is 3.53. The number of aromatic nitrogens is 1. The quantitative estimate of drug-likeness (QED) is 0.861. The first-order valence-corrected chi connectivity index (χ1v) is 8.92. The predicted molar refractivity (Wildman–Crippen MR) is 96.3 cm³/mol. The molecule has 5 nitrogen and oxygen atoms in total. The SMILES string of the molecule is CCSC1N=c2nc(N)ccc2=CN1c1ccc(OCC(F)(F)F)cc1. The van der Waals surface area contributed by atoms with Crippen LogP contribution in [-0.2, 0) is 0 Å². The summed E-state index contributed by atoms with van der Waals surface area (Å²) in [5.41, 5.74) is 6.86. The van der Waals surface area contributed by atoms with Crippen LogP contribution in [0.5, 0.6) is 5.75 Å². The number of nitrogens with zero attached hydrogens (tertiary/aromatic N) is 3. The van der Waals surface area contributed by atoms with Gasteiger partial charge in [-0.05, 0) is 42.2 Å². The van der Waals surface area contributed by atoms with E-state index in [2.05, 4.69) is 9.98 Å². The zero-order valence-corrected chi connectivity index (χ0v) is 14.7. The molecule has 1 atom stereocenters. The molecule has 3 rings (SSSR count).